The first kappa shape index (κ1) is 32.1. The predicted octanol–water partition coefficient (Wildman–Crippen LogP) is 15.6. The molecule has 12 rings (SSSR count). The fourth-order valence-electron chi connectivity index (χ4n) is 9.95. The molecule has 0 bridgehead atoms. The summed E-state index contributed by atoms with van der Waals surface area (Å²) in [5, 5.41) is 12.2. The molecule has 0 fully saturated rings. The van der Waals surface area contributed by atoms with E-state index in [1.807, 2.05) is 6.07 Å². The van der Waals surface area contributed by atoms with Gasteiger partial charge in [0.25, 0.3) is 0 Å². The minimum atomic E-state index is -0.111. The van der Waals surface area contributed by atoms with Crippen LogP contribution in [0.15, 0.2) is 192 Å². The maximum atomic E-state index is 6.39. The van der Waals surface area contributed by atoms with Crippen LogP contribution in [0.5, 0.6) is 0 Å². The van der Waals surface area contributed by atoms with Gasteiger partial charge in [-0.3, -0.25) is 0 Å². The van der Waals surface area contributed by atoms with Crippen LogP contribution in [0.3, 0.4) is 0 Å². The van der Waals surface area contributed by atoms with E-state index < -0.39 is 0 Å². The lowest BCUT2D eigenvalue weighted by molar-refractivity contribution is 0.660. The van der Waals surface area contributed by atoms with Gasteiger partial charge in [0.05, 0.1) is 0 Å². The molecular weight excluding hydrogens is 691 g/mol. The highest BCUT2D eigenvalue weighted by Crippen LogP contribution is 2.51. The maximum absolute atomic E-state index is 6.39. The first-order valence-corrected chi connectivity index (χ1v) is 19.8. The quantitative estimate of drug-likeness (QED) is 0.168. The molecule has 1 aromatic heterocycles. The van der Waals surface area contributed by atoms with Crippen LogP contribution in [0.1, 0.15) is 25.0 Å². The van der Waals surface area contributed by atoms with Crippen LogP contribution in [-0.4, -0.2) is 0 Å². The van der Waals surface area contributed by atoms with Crippen LogP contribution in [0.2, 0.25) is 0 Å². The van der Waals surface area contributed by atoms with Gasteiger partial charge in [-0.05, 0) is 126 Å². The zero-order valence-corrected chi connectivity index (χ0v) is 31.8. The summed E-state index contributed by atoms with van der Waals surface area (Å²) in [5.74, 6) is 0. The Hall–Kier alpha value is -7.16. The van der Waals surface area contributed by atoms with E-state index in [9.17, 15) is 0 Å². The lowest BCUT2D eigenvalue weighted by Gasteiger charge is -2.29. The summed E-state index contributed by atoms with van der Waals surface area (Å²) < 4.78 is 6.39. The van der Waals surface area contributed by atoms with Crippen molar-refractivity contribution in [1.82, 2.24) is 0 Å². The van der Waals surface area contributed by atoms with Crippen molar-refractivity contribution in [2.75, 3.05) is 4.90 Å². The van der Waals surface area contributed by atoms with E-state index in [0.717, 1.165) is 33.6 Å². The van der Waals surface area contributed by atoms with Crippen molar-refractivity contribution in [1.29, 1.82) is 0 Å². The highest BCUT2D eigenvalue weighted by molar-refractivity contribution is 6.36. The normalized spacial score (nSPS) is 13.2. The Labute approximate surface area is 330 Å². The minimum absolute atomic E-state index is 0.111. The second-order valence-electron chi connectivity index (χ2n) is 16.1. The summed E-state index contributed by atoms with van der Waals surface area (Å²) in [7, 11) is 0. The SMILES string of the molecule is CC1(C)c2ccccc2-c2ccc(N(c3cccc(-c4cccc5c6ccc7oc8ccccc8c7c6c6ccccc6c45)c3)c3ccc4ccccc4c3)cc21. The average Bonchev–Trinajstić information content (AvgIpc) is 3.75. The molecule has 0 aliphatic heterocycles. The van der Waals surface area contributed by atoms with E-state index in [2.05, 4.69) is 201 Å². The Kier molecular flexibility index (Phi) is 6.72. The number of benzene rings is 10. The Balaban J connectivity index is 1.09. The third-order valence-corrected chi connectivity index (χ3v) is 12.6. The van der Waals surface area contributed by atoms with E-state index in [1.54, 1.807) is 0 Å². The molecule has 0 saturated carbocycles. The van der Waals surface area contributed by atoms with Crippen molar-refractivity contribution < 1.29 is 4.42 Å². The summed E-state index contributed by atoms with van der Waals surface area (Å²) in [5.41, 5.74) is 12.9. The average molecular weight is 728 g/mol. The fourth-order valence-corrected chi connectivity index (χ4v) is 9.95. The monoisotopic (exact) mass is 727 g/mol. The molecule has 10 aromatic carbocycles. The van der Waals surface area contributed by atoms with Crippen LogP contribution in [0.25, 0.3) is 87.3 Å². The van der Waals surface area contributed by atoms with Crippen molar-refractivity contribution in [3.63, 3.8) is 0 Å². The Morgan fingerprint density at radius 1 is 0.368 bits per heavy atom. The van der Waals surface area contributed by atoms with Crippen molar-refractivity contribution in [2.24, 2.45) is 0 Å². The summed E-state index contributed by atoms with van der Waals surface area (Å²) >= 11 is 0. The van der Waals surface area contributed by atoms with Crippen molar-refractivity contribution in [2.45, 2.75) is 19.3 Å². The van der Waals surface area contributed by atoms with Crippen LogP contribution in [-0.2, 0) is 5.41 Å². The van der Waals surface area contributed by atoms with Gasteiger partial charge in [0.2, 0.25) is 0 Å². The lowest BCUT2D eigenvalue weighted by atomic mass is 9.82. The van der Waals surface area contributed by atoms with E-state index in [1.165, 1.54) is 81.9 Å². The zero-order valence-electron chi connectivity index (χ0n) is 31.8. The van der Waals surface area contributed by atoms with Crippen LogP contribution in [0.4, 0.5) is 17.1 Å². The number of nitrogens with zero attached hydrogens (tertiary/aromatic N) is 1. The van der Waals surface area contributed by atoms with Crippen molar-refractivity contribution in [3.8, 4) is 22.3 Å². The number of fused-ring (bicyclic) bond motifs is 14. The fraction of sp³-hybridized carbons (Fsp3) is 0.0545. The molecule has 0 saturated heterocycles. The van der Waals surface area contributed by atoms with E-state index in [-0.39, 0.29) is 5.41 Å². The highest BCUT2D eigenvalue weighted by atomic mass is 16.3. The largest absolute Gasteiger partial charge is 0.456 e. The second kappa shape index (κ2) is 11.9. The number of hydrogen-bond acceptors (Lipinski definition) is 2. The topological polar surface area (TPSA) is 16.4 Å². The molecule has 1 heterocycles. The molecule has 2 heteroatoms. The van der Waals surface area contributed by atoms with Crippen LogP contribution < -0.4 is 4.90 Å². The van der Waals surface area contributed by atoms with E-state index in [0.29, 0.717) is 0 Å². The summed E-state index contributed by atoms with van der Waals surface area (Å²) in [6.07, 6.45) is 0. The van der Waals surface area contributed by atoms with Gasteiger partial charge < -0.3 is 9.32 Å². The number of rotatable bonds is 4. The molecule has 0 unspecified atom stereocenters. The highest BCUT2D eigenvalue weighted by Gasteiger charge is 2.35. The molecule has 11 aromatic rings. The zero-order chi connectivity index (χ0) is 37.8. The Morgan fingerprint density at radius 2 is 0.982 bits per heavy atom. The van der Waals surface area contributed by atoms with Crippen LogP contribution in [0, 0.1) is 0 Å². The molecule has 1 aliphatic carbocycles. The first-order chi connectivity index (χ1) is 28.0. The van der Waals surface area contributed by atoms with Gasteiger partial charge in [-0.15, -0.1) is 0 Å². The Morgan fingerprint density at radius 3 is 1.86 bits per heavy atom. The molecule has 0 N–H and O–H groups in total. The molecular formula is C55H37NO. The van der Waals surface area contributed by atoms with E-state index >= 15 is 0 Å². The molecule has 2 nitrogen and oxygen atoms in total. The summed E-state index contributed by atoms with van der Waals surface area (Å²) in [6, 6.07) is 69.0. The number of para-hydroxylation sites is 1. The van der Waals surface area contributed by atoms with Gasteiger partial charge in [-0.25, -0.2) is 0 Å². The molecule has 57 heavy (non-hydrogen) atoms. The van der Waals surface area contributed by atoms with Gasteiger partial charge in [-0.1, -0.05) is 147 Å². The summed E-state index contributed by atoms with van der Waals surface area (Å²) in [4.78, 5) is 2.44. The van der Waals surface area contributed by atoms with Gasteiger partial charge in [-0.2, -0.15) is 0 Å². The van der Waals surface area contributed by atoms with Gasteiger partial charge in [0.1, 0.15) is 11.2 Å². The molecule has 0 amide bonds. The van der Waals surface area contributed by atoms with E-state index in [4.69, 9.17) is 4.42 Å². The van der Waals surface area contributed by atoms with Crippen molar-refractivity contribution in [3.05, 3.63) is 199 Å². The number of anilines is 3. The molecule has 0 radical (unpaired) electrons. The minimum Gasteiger partial charge on any atom is -0.456 e. The maximum Gasteiger partial charge on any atom is 0.136 e. The van der Waals surface area contributed by atoms with Gasteiger partial charge in [0.15, 0.2) is 0 Å². The number of furan rings is 1. The third-order valence-electron chi connectivity index (χ3n) is 12.6. The number of hydrogen-bond donors (Lipinski definition) is 0. The van der Waals surface area contributed by atoms with Crippen LogP contribution >= 0.6 is 0 Å². The summed E-state index contributed by atoms with van der Waals surface area (Å²) in [6.45, 7) is 4.72. The lowest BCUT2D eigenvalue weighted by Crippen LogP contribution is -2.16. The molecule has 1 aliphatic rings. The standard InChI is InChI=1S/C55H37NO/c1-55(2)48-23-9-7-17-41(48)42-28-27-39(33-49(42)55)56(38-26-25-34-13-3-4-14-35(34)31-38)37-16-11-15-36(32-37)40-21-12-22-44-46-29-30-51-54(47-20-8-10-24-50(47)57-51)53(46)45-19-6-5-18-43(45)52(40)44/h3-33H,1-2H3. The second-order valence-corrected chi connectivity index (χ2v) is 16.1. The van der Waals surface area contributed by atoms with Crippen molar-refractivity contribution >= 4 is 82.1 Å². The predicted molar refractivity (Wildman–Crippen MR) is 241 cm³/mol. The van der Waals surface area contributed by atoms with Gasteiger partial charge >= 0.3 is 0 Å². The smallest absolute Gasteiger partial charge is 0.136 e. The Bertz CT molecular complexity index is 3430. The molecule has 0 atom stereocenters. The molecule has 268 valence electrons. The molecule has 0 spiro atoms. The first-order valence-electron chi connectivity index (χ1n) is 19.8. The van der Waals surface area contributed by atoms with Gasteiger partial charge in [0, 0.05) is 38.6 Å². The third kappa shape index (κ3) is 4.65.